The van der Waals surface area contributed by atoms with Crippen molar-refractivity contribution in [2.45, 2.75) is 27.2 Å². The van der Waals surface area contributed by atoms with Crippen molar-refractivity contribution in [3.63, 3.8) is 0 Å². The molecule has 0 aromatic carbocycles. The molecule has 1 aliphatic heterocycles. The van der Waals surface area contributed by atoms with E-state index in [1.54, 1.807) is 7.11 Å². The smallest absolute Gasteiger partial charge is 0.0589 e. The average Bonchev–Trinajstić information content (AvgIpc) is 2.07. The van der Waals surface area contributed by atoms with Crippen molar-refractivity contribution in [2.75, 3.05) is 33.4 Å². The Hall–Kier alpha value is -0.0800. The van der Waals surface area contributed by atoms with E-state index in [1.807, 2.05) is 0 Å². The SMILES string of the molecule is COCCN1CCC(C)C(C)(C)C1. The van der Waals surface area contributed by atoms with Gasteiger partial charge in [0.1, 0.15) is 0 Å². The monoisotopic (exact) mass is 185 g/mol. The average molecular weight is 185 g/mol. The summed E-state index contributed by atoms with van der Waals surface area (Å²) in [7, 11) is 1.78. The maximum absolute atomic E-state index is 5.10. The molecule has 0 radical (unpaired) electrons. The second-order valence-corrected chi connectivity index (χ2v) is 4.95. The Balaban J connectivity index is 2.37. The molecule has 2 nitrogen and oxygen atoms in total. The minimum Gasteiger partial charge on any atom is -0.383 e. The molecule has 78 valence electrons. The summed E-state index contributed by atoms with van der Waals surface area (Å²) in [5, 5.41) is 0. The molecule has 0 aromatic heterocycles. The Kier molecular flexibility index (Phi) is 3.74. The number of rotatable bonds is 3. The van der Waals surface area contributed by atoms with Crippen LogP contribution >= 0.6 is 0 Å². The number of nitrogens with zero attached hydrogens (tertiary/aromatic N) is 1. The molecule has 0 bridgehead atoms. The topological polar surface area (TPSA) is 12.5 Å². The maximum atomic E-state index is 5.10. The fourth-order valence-electron chi connectivity index (χ4n) is 1.99. The number of hydrogen-bond acceptors (Lipinski definition) is 2. The van der Waals surface area contributed by atoms with E-state index in [-0.39, 0.29) is 0 Å². The molecule has 0 saturated carbocycles. The van der Waals surface area contributed by atoms with Crippen LogP contribution in [0.25, 0.3) is 0 Å². The molecule has 1 aliphatic rings. The van der Waals surface area contributed by atoms with Crippen LogP contribution < -0.4 is 0 Å². The van der Waals surface area contributed by atoms with Crippen LogP contribution in [0.15, 0.2) is 0 Å². The third-order valence-electron chi connectivity index (χ3n) is 3.46. The lowest BCUT2D eigenvalue weighted by Crippen LogP contribution is -2.45. The van der Waals surface area contributed by atoms with Crippen LogP contribution in [-0.4, -0.2) is 38.3 Å². The molecule has 2 heteroatoms. The lowest BCUT2D eigenvalue weighted by Gasteiger charge is -2.42. The summed E-state index contributed by atoms with van der Waals surface area (Å²) >= 11 is 0. The van der Waals surface area contributed by atoms with Gasteiger partial charge in [0, 0.05) is 20.2 Å². The van der Waals surface area contributed by atoms with Crippen molar-refractivity contribution in [1.82, 2.24) is 4.90 Å². The Labute approximate surface area is 82.3 Å². The van der Waals surface area contributed by atoms with Crippen LogP contribution in [0.4, 0.5) is 0 Å². The van der Waals surface area contributed by atoms with Gasteiger partial charge in [-0.2, -0.15) is 0 Å². The van der Waals surface area contributed by atoms with E-state index in [1.165, 1.54) is 19.5 Å². The van der Waals surface area contributed by atoms with Crippen LogP contribution in [0.5, 0.6) is 0 Å². The van der Waals surface area contributed by atoms with Gasteiger partial charge in [0.25, 0.3) is 0 Å². The van der Waals surface area contributed by atoms with Gasteiger partial charge in [-0.3, -0.25) is 0 Å². The highest BCUT2D eigenvalue weighted by Gasteiger charge is 2.32. The van der Waals surface area contributed by atoms with E-state index >= 15 is 0 Å². The largest absolute Gasteiger partial charge is 0.383 e. The molecular weight excluding hydrogens is 162 g/mol. The number of piperidine rings is 1. The molecule has 1 saturated heterocycles. The van der Waals surface area contributed by atoms with Crippen molar-refractivity contribution in [1.29, 1.82) is 0 Å². The zero-order valence-electron chi connectivity index (χ0n) is 9.47. The highest BCUT2D eigenvalue weighted by atomic mass is 16.5. The standard InChI is InChI=1S/C11H23NO/c1-10-5-6-12(7-8-13-4)9-11(10,2)3/h10H,5-9H2,1-4H3. The molecule has 0 aromatic rings. The fourth-order valence-corrected chi connectivity index (χ4v) is 1.99. The predicted molar refractivity (Wildman–Crippen MR) is 55.9 cm³/mol. The first-order chi connectivity index (χ1) is 6.06. The number of hydrogen-bond donors (Lipinski definition) is 0. The molecule has 1 atom stereocenters. The summed E-state index contributed by atoms with van der Waals surface area (Å²) in [5.74, 6) is 0.853. The first kappa shape index (κ1) is 11.0. The van der Waals surface area contributed by atoms with Crippen molar-refractivity contribution in [2.24, 2.45) is 11.3 Å². The van der Waals surface area contributed by atoms with E-state index in [2.05, 4.69) is 25.7 Å². The normalized spacial score (nSPS) is 29.1. The summed E-state index contributed by atoms with van der Waals surface area (Å²) in [5.41, 5.74) is 0.478. The van der Waals surface area contributed by atoms with Gasteiger partial charge in [0.15, 0.2) is 0 Å². The predicted octanol–water partition coefficient (Wildman–Crippen LogP) is 2.00. The van der Waals surface area contributed by atoms with Gasteiger partial charge in [0.05, 0.1) is 6.61 Å². The summed E-state index contributed by atoms with van der Waals surface area (Å²) in [6.45, 7) is 11.5. The van der Waals surface area contributed by atoms with Gasteiger partial charge < -0.3 is 9.64 Å². The summed E-state index contributed by atoms with van der Waals surface area (Å²) < 4.78 is 5.10. The third-order valence-corrected chi connectivity index (χ3v) is 3.46. The number of likely N-dealkylation sites (tertiary alicyclic amines) is 1. The summed E-state index contributed by atoms with van der Waals surface area (Å²) in [6.07, 6.45) is 1.33. The molecular formula is C11H23NO. The highest BCUT2D eigenvalue weighted by Crippen LogP contribution is 2.33. The summed E-state index contributed by atoms with van der Waals surface area (Å²) in [4.78, 5) is 2.52. The van der Waals surface area contributed by atoms with Gasteiger partial charge in [-0.25, -0.2) is 0 Å². The summed E-state index contributed by atoms with van der Waals surface area (Å²) in [6, 6.07) is 0. The van der Waals surface area contributed by atoms with Crippen LogP contribution in [0, 0.1) is 11.3 Å². The first-order valence-corrected chi connectivity index (χ1v) is 5.27. The molecule has 0 spiro atoms. The van der Waals surface area contributed by atoms with E-state index in [0.29, 0.717) is 5.41 Å². The van der Waals surface area contributed by atoms with Crippen LogP contribution in [0.1, 0.15) is 27.2 Å². The molecule has 0 amide bonds. The quantitative estimate of drug-likeness (QED) is 0.667. The van der Waals surface area contributed by atoms with E-state index in [0.717, 1.165) is 19.1 Å². The molecule has 1 heterocycles. The Morgan fingerprint density at radius 3 is 2.69 bits per heavy atom. The van der Waals surface area contributed by atoms with Crippen LogP contribution in [0.3, 0.4) is 0 Å². The molecule has 0 N–H and O–H groups in total. The van der Waals surface area contributed by atoms with Crippen molar-refractivity contribution < 1.29 is 4.74 Å². The molecule has 13 heavy (non-hydrogen) atoms. The van der Waals surface area contributed by atoms with Gasteiger partial charge in [-0.05, 0) is 24.3 Å². The first-order valence-electron chi connectivity index (χ1n) is 5.27. The van der Waals surface area contributed by atoms with Crippen molar-refractivity contribution in [3.8, 4) is 0 Å². The van der Waals surface area contributed by atoms with Crippen molar-refractivity contribution in [3.05, 3.63) is 0 Å². The lowest BCUT2D eigenvalue weighted by atomic mass is 9.75. The van der Waals surface area contributed by atoms with Gasteiger partial charge in [-0.15, -0.1) is 0 Å². The Morgan fingerprint density at radius 2 is 2.15 bits per heavy atom. The molecule has 1 fully saturated rings. The zero-order valence-corrected chi connectivity index (χ0v) is 9.47. The highest BCUT2D eigenvalue weighted by molar-refractivity contribution is 4.84. The zero-order chi connectivity index (χ0) is 9.90. The van der Waals surface area contributed by atoms with Gasteiger partial charge in [0.2, 0.25) is 0 Å². The van der Waals surface area contributed by atoms with Crippen molar-refractivity contribution >= 4 is 0 Å². The lowest BCUT2D eigenvalue weighted by molar-refractivity contribution is 0.0462. The minimum atomic E-state index is 0.478. The van der Waals surface area contributed by atoms with E-state index in [4.69, 9.17) is 4.74 Å². The third kappa shape index (κ3) is 2.96. The maximum Gasteiger partial charge on any atom is 0.0589 e. The number of ether oxygens (including phenoxy) is 1. The fraction of sp³-hybridized carbons (Fsp3) is 1.00. The Bertz CT molecular complexity index is 154. The second-order valence-electron chi connectivity index (χ2n) is 4.95. The second kappa shape index (κ2) is 4.43. The van der Waals surface area contributed by atoms with Crippen LogP contribution in [-0.2, 0) is 4.74 Å². The Morgan fingerprint density at radius 1 is 1.46 bits per heavy atom. The van der Waals surface area contributed by atoms with Gasteiger partial charge in [-0.1, -0.05) is 20.8 Å². The molecule has 0 aliphatic carbocycles. The van der Waals surface area contributed by atoms with Crippen LogP contribution in [0.2, 0.25) is 0 Å². The van der Waals surface area contributed by atoms with E-state index < -0.39 is 0 Å². The number of methoxy groups -OCH3 is 1. The molecule has 1 unspecified atom stereocenters. The molecule has 1 rings (SSSR count). The minimum absolute atomic E-state index is 0.478. The van der Waals surface area contributed by atoms with Gasteiger partial charge >= 0.3 is 0 Å². The van der Waals surface area contributed by atoms with E-state index in [9.17, 15) is 0 Å².